The summed E-state index contributed by atoms with van der Waals surface area (Å²) in [6.07, 6.45) is 0.946. The van der Waals surface area contributed by atoms with Crippen molar-refractivity contribution in [2.45, 2.75) is 26.3 Å². The largest absolute Gasteiger partial charge is 0.461 e. The standard InChI is InChI=1S/C16H19N3O2/c1-3-21-16(20)13-10-15-17-9-8-14(19(15)18-13)12-7-5-4-6-11(12)2/h4-7,10,14,17H,3,8-9H2,1-2H3. The van der Waals surface area contributed by atoms with E-state index in [9.17, 15) is 4.79 Å². The number of fused-ring (bicyclic) bond motifs is 1. The zero-order valence-electron chi connectivity index (χ0n) is 12.3. The molecule has 0 amide bonds. The molecular formula is C16H19N3O2. The Morgan fingerprint density at radius 2 is 2.29 bits per heavy atom. The lowest BCUT2D eigenvalue weighted by Crippen LogP contribution is -2.25. The van der Waals surface area contributed by atoms with E-state index in [-0.39, 0.29) is 12.0 Å². The first-order chi connectivity index (χ1) is 10.2. The summed E-state index contributed by atoms with van der Waals surface area (Å²) in [7, 11) is 0. The first-order valence-corrected chi connectivity index (χ1v) is 7.26. The summed E-state index contributed by atoms with van der Waals surface area (Å²) in [6, 6.07) is 10.2. The van der Waals surface area contributed by atoms with Crippen LogP contribution in [0.4, 0.5) is 5.82 Å². The molecule has 3 rings (SSSR count). The normalized spacial score (nSPS) is 17.0. The summed E-state index contributed by atoms with van der Waals surface area (Å²) in [5.41, 5.74) is 2.85. The van der Waals surface area contributed by atoms with E-state index >= 15 is 0 Å². The highest BCUT2D eigenvalue weighted by Crippen LogP contribution is 2.31. The Bertz CT molecular complexity index is 663. The van der Waals surface area contributed by atoms with Crippen molar-refractivity contribution in [1.29, 1.82) is 0 Å². The molecule has 110 valence electrons. The van der Waals surface area contributed by atoms with Gasteiger partial charge in [-0.1, -0.05) is 24.3 Å². The van der Waals surface area contributed by atoms with Gasteiger partial charge in [0.2, 0.25) is 0 Å². The summed E-state index contributed by atoms with van der Waals surface area (Å²) in [5.74, 6) is 0.502. The van der Waals surface area contributed by atoms with Gasteiger partial charge in [-0.2, -0.15) is 5.10 Å². The van der Waals surface area contributed by atoms with Crippen molar-refractivity contribution in [3.8, 4) is 0 Å². The van der Waals surface area contributed by atoms with E-state index in [1.54, 1.807) is 13.0 Å². The summed E-state index contributed by atoms with van der Waals surface area (Å²) in [4.78, 5) is 11.8. The number of rotatable bonds is 3. The predicted molar refractivity (Wildman–Crippen MR) is 80.6 cm³/mol. The van der Waals surface area contributed by atoms with Crippen molar-refractivity contribution in [3.05, 3.63) is 47.2 Å². The number of nitrogens with zero attached hydrogens (tertiary/aromatic N) is 2. The van der Waals surface area contributed by atoms with Gasteiger partial charge in [0.1, 0.15) is 5.82 Å². The van der Waals surface area contributed by atoms with Crippen LogP contribution in [0.1, 0.15) is 41.0 Å². The second kappa shape index (κ2) is 5.60. The minimum absolute atomic E-state index is 0.158. The average Bonchev–Trinajstić information content (AvgIpc) is 2.92. The molecule has 1 aromatic carbocycles. The van der Waals surface area contributed by atoms with Crippen LogP contribution in [0.5, 0.6) is 0 Å². The van der Waals surface area contributed by atoms with Crippen molar-refractivity contribution in [3.63, 3.8) is 0 Å². The van der Waals surface area contributed by atoms with Crippen LogP contribution in [0.25, 0.3) is 0 Å². The van der Waals surface area contributed by atoms with E-state index in [0.717, 1.165) is 18.8 Å². The van der Waals surface area contributed by atoms with Gasteiger partial charge in [0.05, 0.1) is 12.6 Å². The van der Waals surface area contributed by atoms with Gasteiger partial charge < -0.3 is 10.1 Å². The monoisotopic (exact) mass is 285 g/mol. The molecule has 2 aromatic rings. The topological polar surface area (TPSA) is 56.2 Å². The first kappa shape index (κ1) is 13.7. The molecule has 1 aliphatic rings. The van der Waals surface area contributed by atoms with Gasteiger partial charge in [-0.15, -0.1) is 0 Å². The minimum atomic E-state index is -0.371. The van der Waals surface area contributed by atoms with Crippen LogP contribution in [-0.2, 0) is 4.74 Å². The van der Waals surface area contributed by atoms with Crippen molar-refractivity contribution >= 4 is 11.8 Å². The Labute approximate surface area is 123 Å². The summed E-state index contributed by atoms with van der Waals surface area (Å²) in [5, 5.41) is 7.74. The Hall–Kier alpha value is -2.30. The molecule has 0 saturated heterocycles. The van der Waals surface area contributed by atoms with Crippen LogP contribution in [0, 0.1) is 6.92 Å². The molecule has 0 saturated carbocycles. The second-order valence-electron chi connectivity index (χ2n) is 5.17. The number of carbonyl (C=O) groups is 1. The Morgan fingerprint density at radius 1 is 1.48 bits per heavy atom. The fourth-order valence-electron chi connectivity index (χ4n) is 2.78. The SMILES string of the molecule is CCOC(=O)c1cc2n(n1)C(c1ccccc1C)CCN2. The average molecular weight is 285 g/mol. The second-order valence-corrected chi connectivity index (χ2v) is 5.17. The fraction of sp³-hybridized carbons (Fsp3) is 0.375. The highest BCUT2D eigenvalue weighted by atomic mass is 16.5. The number of hydrogen-bond donors (Lipinski definition) is 1. The number of ether oxygens (including phenoxy) is 1. The molecule has 0 bridgehead atoms. The number of hydrogen-bond acceptors (Lipinski definition) is 4. The Morgan fingerprint density at radius 3 is 3.05 bits per heavy atom. The maximum absolute atomic E-state index is 11.8. The van der Waals surface area contributed by atoms with Gasteiger partial charge in [0, 0.05) is 12.6 Å². The number of benzene rings is 1. The maximum atomic E-state index is 11.8. The highest BCUT2D eigenvalue weighted by Gasteiger charge is 2.26. The van der Waals surface area contributed by atoms with E-state index in [2.05, 4.69) is 29.5 Å². The highest BCUT2D eigenvalue weighted by molar-refractivity contribution is 5.88. The molecule has 0 radical (unpaired) electrons. The molecule has 2 heterocycles. The Balaban J connectivity index is 1.98. The Kier molecular flexibility index (Phi) is 3.64. The van der Waals surface area contributed by atoms with E-state index in [1.807, 2.05) is 16.8 Å². The molecule has 0 fully saturated rings. The van der Waals surface area contributed by atoms with E-state index < -0.39 is 0 Å². The van der Waals surface area contributed by atoms with Crippen LogP contribution in [0.15, 0.2) is 30.3 Å². The van der Waals surface area contributed by atoms with Crippen LogP contribution < -0.4 is 5.32 Å². The van der Waals surface area contributed by atoms with Crippen molar-refractivity contribution < 1.29 is 9.53 Å². The van der Waals surface area contributed by atoms with Gasteiger partial charge in [0.15, 0.2) is 5.69 Å². The van der Waals surface area contributed by atoms with Crippen molar-refractivity contribution in [2.75, 3.05) is 18.5 Å². The minimum Gasteiger partial charge on any atom is -0.461 e. The predicted octanol–water partition coefficient (Wildman–Crippen LogP) is 2.77. The summed E-state index contributed by atoms with van der Waals surface area (Å²) in [6.45, 7) is 5.12. The van der Waals surface area contributed by atoms with Crippen LogP contribution in [0.2, 0.25) is 0 Å². The number of aryl methyl sites for hydroxylation is 1. The van der Waals surface area contributed by atoms with E-state index in [4.69, 9.17) is 4.74 Å². The molecule has 5 heteroatoms. The number of aromatic nitrogens is 2. The number of carbonyl (C=O) groups excluding carboxylic acids is 1. The molecule has 0 aliphatic carbocycles. The smallest absolute Gasteiger partial charge is 0.358 e. The van der Waals surface area contributed by atoms with Gasteiger partial charge in [0.25, 0.3) is 0 Å². The molecule has 0 spiro atoms. The van der Waals surface area contributed by atoms with Crippen molar-refractivity contribution in [2.24, 2.45) is 0 Å². The molecule has 5 nitrogen and oxygen atoms in total. The summed E-state index contributed by atoms with van der Waals surface area (Å²) < 4.78 is 6.93. The zero-order valence-corrected chi connectivity index (χ0v) is 12.3. The van der Waals surface area contributed by atoms with Crippen LogP contribution >= 0.6 is 0 Å². The lowest BCUT2D eigenvalue weighted by atomic mass is 9.98. The molecule has 1 atom stereocenters. The fourth-order valence-corrected chi connectivity index (χ4v) is 2.78. The maximum Gasteiger partial charge on any atom is 0.358 e. The number of nitrogens with one attached hydrogen (secondary N) is 1. The third-order valence-corrected chi connectivity index (χ3v) is 3.79. The van der Waals surface area contributed by atoms with Gasteiger partial charge >= 0.3 is 5.97 Å². The lowest BCUT2D eigenvalue weighted by molar-refractivity contribution is 0.0518. The summed E-state index contributed by atoms with van der Waals surface area (Å²) >= 11 is 0. The molecule has 1 unspecified atom stereocenters. The third-order valence-electron chi connectivity index (χ3n) is 3.79. The van der Waals surface area contributed by atoms with Gasteiger partial charge in [-0.3, -0.25) is 0 Å². The number of anilines is 1. The van der Waals surface area contributed by atoms with Crippen molar-refractivity contribution in [1.82, 2.24) is 9.78 Å². The van der Waals surface area contributed by atoms with Gasteiger partial charge in [-0.25, -0.2) is 9.48 Å². The first-order valence-electron chi connectivity index (χ1n) is 7.26. The quantitative estimate of drug-likeness (QED) is 0.881. The molecule has 21 heavy (non-hydrogen) atoms. The van der Waals surface area contributed by atoms with Crippen LogP contribution in [-0.4, -0.2) is 28.9 Å². The van der Waals surface area contributed by atoms with Crippen LogP contribution in [0.3, 0.4) is 0 Å². The molecular weight excluding hydrogens is 266 g/mol. The third kappa shape index (κ3) is 2.51. The molecule has 1 aliphatic heterocycles. The molecule has 1 aromatic heterocycles. The molecule has 1 N–H and O–H groups in total. The lowest BCUT2D eigenvalue weighted by Gasteiger charge is -2.27. The van der Waals surface area contributed by atoms with Gasteiger partial charge in [-0.05, 0) is 31.4 Å². The number of esters is 1. The van der Waals surface area contributed by atoms with E-state index in [1.165, 1.54) is 11.1 Å². The zero-order chi connectivity index (χ0) is 14.8. The van der Waals surface area contributed by atoms with E-state index in [0.29, 0.717) is 12.3 Å².